The van der Waals surface area contributed by atoms with Gasteiger partial charge in [-0.25, -0.2) is 10.4 Å². The molecule has 0 saturated heterocycles. The van der Waals surface area contributed by atoms with Crippen LogP contribution in [0.2, 0.25) is 0 Å². The summed E-state index contributed by atoms with van der Waals surface area (Å²) in [4.78, 5) is 4.05. The van der Waals surface area contributed by atoms with Crippen LogP contribution in [-0.4, -0.2) is 9.55 Å². The van der Waals surface area contributed by atoms with Crippen molar-refractivity contribution in [3.8, 4) is 0 Å². The third-order valence-electron chi connectivity index (χ3n) is 3.25. The Morgan fingerprint density at radius 3 is 2.38 bits per heavy atom. The number of hydrogen-bond acceptors (Lipinski definition) is 3. The summed E-state index contributed by atoms with van der Waals surface area (Å²) >= 11 is 0. The van der Waals surface area contributed by atoms with E-state index >= 15 is 0 Å². The molecule has 0 radical (unpaired) electrons. The van der Waals surface area contributed by atoms with E-state index in [2.05, 4.69) is 44.7 Å². The second kappa shape index (κ2) is 6.72. The average Bonchev–Trinajstić information content (AvgIpc) is 3.03. The fourth-order valence-electron chi connectivity index (χ4n) is 2.12. The van der Waals surface area contributed by atoms with Crippen molar-refractivity contribution in [1.82, 2.24) is 15.0 Å². The minimum Gasteiger partial charge on any atom is -0.333 e. The number of nitrogens with zero attached hydrogens (tertiary/aromatic N) is 2. The van der Waals surface area contributed by atoms with Crippen molar-refractivity contribution in [1.29, 1.82) is 0 Å². The first-order valence-electron chi connectivity index (χ1n) is 6.98. The summed E-state index contributed by atoms with van der Waals surface area (Å²) in [6.07, 6.45) is 5.60. The molecule has 1 heterocycles. The largest absolute Gasteiger partial charge is 0.333 e. The van der Waals surface area contributed by atoms with Crippen LogP contribution in [0.4, 0.5) is 5.69 Å². The Morgan fingerprint density at radius 2 is 1.67 bits per heavy atom. The van der Waals surface area contributed by atoms with Gasteiger partial charge < -0.3 is 9.99 Å². The van der Waals surface area contributed by atoms with Crippen LogP contribution in [0, 0.1) is 0 Å². The Balaban J connectivity index is 1.50. The van der Waals surface area contributed by atoms with Crippen LogP contribution in [0.5, 0.6) is 0 Å². The average molecular weight is 278 g/mol. The molecule has 106 valence electrons. The maximum atomic E-state index is 4.05. The molecule has 0 saturated carbocycles. The van der Waals surface area contributed by atoms with Gasteiger partial charge in [-0.2, -0.15) is 0 Å². The molecule has 0 aliphatic rings. The molecular formula is C17H18N4. The zero-order chi connectivity index (χ0) is 14.3. The van der Waals surface area contributed by atoms with Crippen molar-refractivity contribution < 1.29 is 0 Å². The summed E-state index contributed by atoms with van der Waals surface area (Å²) in [5, 5.41) is 0. The second-order valence-electron chi connectivity index (χ2n) is 4.90. The van der Waals surface area contributed by atoms with Gasteiger partial charge in [0, 0.05) is 31.2 Å². The van der Waals surface area contributed by atoms with Gasteiger partial charge in [-0.15, -0.1) is 0 Å². The smallest absolute Gasteiger partial charge is 0.0949 e. The topological polar surface area (TPSA) is 41.9 Å². The van der Waals surface area contributed by atoms with Crippen LogP contribution >= 0.6 is 0 Å². The Kier molecular flexibility index (Phi) is 4.29. The standard InChI is InChI=1S/C17H18N4/c1-2-4-17(5-3-1)20-19-12-15-6-8-16(9-7-15)13-21-11-10-18-14-21/h1-11,14,19-20H,12-13H2. The molecule has 0 fully saturated rings. The molecule has 0 unspecified atom stereocenters. The van der Waals surface area contributed by atoms with Crippen molar-refractivity contribution in [2.24, 2.45) is 0 Å². The van der Waals surface area contributed by atoms with E-state index in [1.165, 1.54) is 11.1 Å². The quantitative estimate of drug-likeness (QED) is 0.681. The lowest BCUT2D eigenvalue weighted by Crippen LogP contribution is -2.20. The third kappa shape index (κ3) is 3.94. The van der Waals surface area contributed by atoms with Gasteiger partial charge in [0.1, 0.15) is 0 Å². The molecule has 4 nitrogen and oxygen atoms in total. The fraction of sp³-hybridized carbons (Fsp3) is 0.118. The predicted octanol–water partition coefficient (Wildman–Crippen LogP) is 3.05. The highest BCUT2D eigenvalue weighted by atomic mass is 15.3. The van der Waals surface area contributed by atoms with Crippen LogP contribution in [0.3, 0.4) is 0 Å². The number of rotatable bonds is 6. The van der Waals surface area contributed by atoms with E-state index in [1.807, 2.05) is 42.9 Å². The van der Waals surface area contributed by atoms with Gasteiger partial charge in [0.2, 0.25) is 0 Å². The van der Waals surface area contributed by atoms with Crippen molar-refractivity contribution >= 4 is 5.69 Å². The molecule has 1 aromatic heterocycles. The molecule has 3 rings (SSSR count). The van der Waals surface area contributed by atoms with Crippen LogP contribution in [-0.2, 0) is 13.1 Å². The number of hydrazine groups is 1. The minimum atomic E-state index is 0.778. The van der Waals surface area contributed by atoms with Crippen molar-refractivity contribution in [2.75, 3.05) is 5.43 Å². The number of imidazole rings is 1. The van der Waals surface area contributed by atoms with Crippen molar-refractivity contribution in [3.05, 3.63) is 84.4 Å². The highest BCUT2D eigenvalue weighted by molar-refractivity contribution is 5.41. The molecule has 0 spiro atoms. The SMILES string of the molecule is c1ccc(NNCc2ccc(Cn3ccnc3)cc2)cc1. The summed E-state index contributed by atoms with van der Waals surface area (Å²) in [7, 11) is 0. The number of para-hydroxylation sites is 1. The number of aromatic nitrogens is 2. The van der Waals surface area contributed by atoms with E-state index in [1.54, 1.807) is 6.20 Å². The lowest BCUT2D eigenvalue weighted by molar-refractivity contribution is 0.787. The van der Waals surface area contributed by atoms with Gasteiger partial charge in [-0.3, -0.25) is 0 Å². The molecule has 21 heavy (non-hydrogen) atoms. The Morgan fingerprint density at radius 1 is 0.905 bits per heavy atom. The van der Waals surface area contributed by atoms with E-state index in [0.29, 0.717) is 0 Å². The monoisotopic (exact) mass is 278 g/mol. The molecule has 3 aromatic rings. The number of benzene rings is 2. The van der Waals surface area contributed by atoms with Gasteiger partial charge >= 0.3 is 0 Å². The molecule has 4 heteroatoms. The van der Waals surface area contributed by atoms with Gasteiger partial charge in [-0.1, -0.05) is 42.5 Å². The molecule has 0 amide bonds. The van der Waals surface area contributed by atoms with Crippen LogP contribution in [0.25, 0.3) is 0 Å². The Labute approximate surface area is 124 Å². The first-order chi connectivity index (χ1) is 10.4. The highest BCUT2D eigenvalue weighted by Gasteiger charge is 1.96. The summed E-state index contributed by atoms with van der Waals surface area (Å²) in [6, 6.07) is 18.7. The second-order valence-corrected chi connectivity index (χ2v) is 4.90. The first-order valence-corrected chi connectivity index (χ1v) is 6.98. The normalized spacial score (nSPS) is 10.5. The van der Waals surface area contributed by atoms with Crippen LogP contribution < -0.4 is 10.9 Å². The number of anilines is 1. The summed E-state index contributed by atoms with van der Waals surface area (Å²) < 4.78 is 2.06. The van der Waals surface area contributed by atoms with Crippen molar-refractivity contribution in [2.45, 2.75) is 13.1 Å². The number of nitrogens with one attached hydrogen (secondary N) is 2. The predicted molar refractivity (Wildman–Crippen MR) is 84.7 cm³/mol. The van der Waals surface area contributed by atoms with E-state index < -0.39 is 0 Å². The molecule has 0 bridgehead atoms. The summed E-state index contributed by atoms with van der Waals surface area (Å²) in [5.41, 5.74) is 9.98. The molecule has 0 atom stereocenters. The third-order valence-corrected chi connectivity index (χ3v) is 3.25. The van der Waals surface area contributed by atoms with Gasteiger partial charge in [0.05, 0.1) is 6.33 Å². The zero-order valence-corrected chi connectivity index (χ0v) is 11.7. The molecule has 0 aliphatic heterocycles. The van der Waals surface area contributed by atoms with Gasteiger partial charge in [-0.05, 0) is 23.3 Å². The van der Waals surface area contributed by atoms with Crippen LogP contribution in [0.1, 0.15) is 11.1 Å². The lowest BCUT2D eigenvalue weighted by atomic mass is 10.1. The maximum absolute atomic E-state index is 4.05. The van der Waals surface area contributed by atoms with E-state index in [9.17, 15) is 0 Å². The number of hydrogen-bond donors (Lipinski definition) is 2. The Bertz CT molecular complexity index is 645. The highest BCUT2D eigenvalue weighted by Crippen LogP contribution is 2.07. The first kappa shape index (κ1) is 13.4. The van der Waals surface area contributed by atoms with E-state index in [4.69, 9.17) is 0 Å². The molecular weight excluding hydrogens is 260 g/mol. The summed E-state index contributed by atoms with van der Waals surface area (Å²) in [5.74, 6) is 0. The van der Waals surface area contributed by atoms with Crippen molar-refractivity contribution in [3.63, 3.8) is 0 Å². The zero-order valence-electron chi connectivity index (χ0n) is 11.7. The van der Waals surface area contributed by atoms with Crippen LogP contribution in [0.15, 0.2) is 73.3 Å². The lowest BCUT2D eigenvalue weighted by Gasteiger charge is -2.09. The summed E-state index contributed by atoms with van der Waals surface area (Å²) in [6.45, 7) is 1.64. The maximum Gasteiger partial charge on any atom is 0.0949 e. The molecule has 2 aromatic carbocycles. The fourth-order valence-corrected chi connectivity index (χ4v) is 2.12. The van der Waals surface area contributed by atoms with E-state index in [-0.39, 0.29) is 0 Å². The minimum absolute atomic E-state index is 0.778. The van der Waals surface area contributed by atoms with E-state index in [0.717, 1.165) is 18.8 Å². The van der Waals surface area contributed by atoms with Gasteiger partial charge in [0.25, 0.3) is 0 Å². The molecule has 0 aliphatic carbocycles. The molecule has 2 N–H and O–H groups in total. The Hall–Kier alpha value is -2.59. The van der Waals surface area contributed by atoms with Gasteiger partial charge in [0.15, 0.2) is 0 Å².